The molecule has 3 aliphatic rings. The number of nitrogens with zero attached hydrogens (tertiary/aromatic N) is 5. The number of aryl methyl sites for hydroxylation is 1. The molecule has 1 aromatic carbocycles. The largest absolute Gasteiger partial charge is 0.475 e. The van der Waals surface area contributed by atoms with E-state index in [2.05, 4.69) is 54.5 Å². The van der Waals surface area contributed by atoms with Crippen molar-refractivity contribution in [1.29, 1.82) is 0 Å². The molecular weight excluding hydrogens is 480 g/mol. The number of piperazine rings is 1. The van der Waals surface area contributed by atoms with E-state index in [1.807, 2.05) is 19.1 Å². The molecule has 0 bridgehead atoms. The van der Waals surface area contributed by atoms with Gasteiger partial charge in [-0.15, -0.1) is 0 Å². The van der Waals surface area contributed by atoms with Gasteiger partial charge < -0.3 is 30.9 Å². The first kappa shape index (κ1) is 26.6. The third-order valence-corrected chi connectivity index (χ3v) is 8.10. The fourth-order valence-electron chi connectivity index (χ4n) is 5.71. The fraction of sp³-hybridized carbons (Fsp3) is 0.607. The predicted molar refractivity (Wildman–Crippen MR) is 150 cm³/mol. The monoisotopic (exact) mass is 522 g/mol. The second-order valence-electron chi connectivity index (χ2n) is 10.7. The van der Waals surface area contributed by atoms with Crippen LogP contribution in [0.15, 0.2) is 24.3 Å². The molecule has 3 fully saturated rings. The average molecular weight is 523 g/mol. The average Bonchev–Trinajstić information content (AvgIpc) is 3.46. The number of carbonyl (C=O) groups excluding carboxylic acids is 1. The van der Waals surface area contributed by atoms with Gasteiger partial charge in [-0.05, 0) is 70.0 Å². The minimum atomic E-state index is -0.612. The Bertz CT molecular complexity index is 1070. The lowest BCUT2D eigenvalue weighted by Gasteiger charge is -2.42. The maximum absolute atomic E-state index is 12.2. The molecule has 0 aliphatic carbocycles. The van der Waals surface area contributed by atoms with Crippen molar-refractivity contribution in [3.05, 3.63) is 35.7 Å². The standard InChI is InChI=1S/C28H42N8O2/c1-3-24-28(38-19-21-5-4-12-30-21)33-27(25(32-24)26(29)37)31-20-6-8-22(9-7-20)35-13-10-23(11-14-35)36-17-15-34(2)16-18-36/h6-9,21,23,30H,3-5,10-19H2,1-2H3,(H2,29,37)(H,31,33)/t21-/m1/s1. The minimum absolute atomic E-state index is 0.128. The quantitative estimate of drug-likeness (QED) is 0.456. The van der Waals surface area contributed by atoms with E-state index in [0.29, 0.717) is 42.5 Å². The smallest absolute Gasteiger partial charge is 0.271 e. The van der Waals surface area contributed by atoms with E-state index in [9.17, 15) is 4.79 Å². The summed E-state index contributed by atoms with van der Waals surface area (Å²) in [6.45, 7) is 10.3. The van der Waals surface area contributed by atoms with Gasteiger partial charge in [-0.3, -0.25) is 9.69 Å². The second-order valence-corrected chi connectivity index (χ2v) is 10.7. The van der Waals surface area contributed by atoms with Gasteiger partial charge in [0.15, 0.2) is 11.5 Å². The van der Waals surface area contributed by atoms with E-state index in [1.165, 1.54) is 44.7 Å². The maximum Gasteiger partial charge on any atom is 0.271 e. The number of ether oxygens (including phenoxy) is 1. The van der Waals surface area contributed by atoms with E-state index >= 15 is 0 Å². The first-order valence-electron chi connectivity index (χ1n) is 14.1. The molecule has 10 nitrogen and oxygen atoms in total. The highest BCUT2D eigenvalue weighted by Gasteiger charge is 2.27. The van der Waals surface area contributed by atoms with Crippen LogP contribution in [0.5, 0.6) is 5.88 Å². The van der Waals surface area contributed by atoms with Gasteiger partial charge in [0.2, 0.25) is 5.88 Å². The van der Waals surface area contributed by atoms with Gasteiger partial charge >= 0.3 is 0 Å². The first-order valence-corrected chi connectivity index (χ1v) is 14.1. The molecule has 10 heteroatoms. The Hall–Kier alpha value is -2.95. The number of anilines is 3. The normalized spacial score (nSPS) is 21.5. The van der Waals surface area contributed by atoms with Crippen molar-refractivity contribution in [2.75, 3.05) is 69.7 Å². The Morgan fingerprint density at radius 3 is 2.45 bits per heavy atom. The Labute approximate surface area is 225 Å². The summed E-state index contributed by atoms with van der Waals surface area (Å²) in [5.74, 6) is 0.164. The number of piperidine rings is 1. The molecule has 0 unspecified atom stereocenters. The molecule has 5 rings (SSSR count). The van der Waals surface area contributed by atoms with E-state index < -0.39 is 5.91 Å². The molecule has 2 aromatic rings. The van der Waals surface area contributed by atoms with Crippen LogP contribution in [0.25, 0.3) is 0 Å². The number of likely N-dealkylation sites (N-methyl/N-ethyl adjacent to an activating group) is 1. The highest BCUT2D eigenvalue weighted by atomic mass is 16.5. The van der Waals surface area contributed by atoms with Crippen molar-refractivity contribution >= 4 is 23.1 Å². The Morgan fingerprint density at radius 1 is 1.08 bits per heavy atom. The van der Waals surface area contributed by atoms with Crippen LogP contribution in [-0.4, -0.2) is 97.2 Å². The number of nitrogens with one attached hydrogen (secondary N) is 2. The van der Waals surface area contributed by atoms with Crippen LogP contribution in [-0.2, 0) is 6.42 Å². The molecule has 0 radical (unpaired) electrons. The van der Waals surface area contributed by atoms with Crippen molar-refractivity contribution < 1.29 is 9.53 Å². The molecule has 1 amide bonds. The molecule has 3 aliphatic heterocycles. The number of nitrogens with two attached hydrogens (primary N) is 1. The summed E-state index contributed by atoms with van der Waals surface area (Å²) in [4.78, 5) is 28.9. The molecule has 206 valence electrons. The lowest BCUT2D eigenvalue weighted by molar-refractivity contribution is 0.0982. The third kappa shape index (κ3) is 6.36. The molecule has 3 saturated heterocycles. The minimum Gasteiger partial charge on any atom is -0.475 e. The zero-order valence-electron chi connectivity index (χ0n) is 22.8. The Morgan fingerprint density at radius 2 is 1.82 bits per heavy atom. The van der Waals surface area contributed by atoms with Crippen LogP contribution in [0.1, 0.15) is 48.8 Å². The number of benzene rings is 1. The summed E-state index contributed by atoms with van der Waals surface area (Å²) in [5.41, 5.74) is 8.46. The van der Waals surface area contributed by atoms with Crippen LogP contribution < -0.4 is 26.0 Å². The third-order valence-electron chi connectivity index (χ3n) is 8.10. The van der Waals surface area contributed by atoms with Gasteiger partial charge in [0, 0.05) is 62.7 Å². The number of hydrogen-bond acceptors (Lipinski definition) is 9. The lowest BCUT2D eigenvalue weighted by atomic mass is 10.0. The zero-order valence-corrected chi connectivity index (χ0v) is 22.8. The van der Waals surface area contributed by atoms with Crippen molar-refractivity contribution in [1.82, 2.24) is 25.1 Å². The number of rotatable bonds is 9. The van der Waals surface area contributed by atoms with Gasteiger partial charge in [0.05, 0.1) is 0 Å². The number of carbonyl (C=O) groups is 1. The topological polar surface area (TPSA) is 112 Å². The van der Waals surface area contributed by atoms with Gasteiger partial charge in [-0.2, -0.15) is 4.98 Å². The van der Waals surface area contributed by atoms with Crippen LogP contribution >= 0.6 is 0 Å². The predicted octanol–water partition coefficient (Wildman–Crippen LogP) is 2.23. The van der Waals surface area contributed by atoms with Gasteiger partial charge in [-0.25, -0.2) is 4.98 Å². The summed E-state index contributed by atoms with van der Waals surface area (Å²) in [6, 6.07) is 9.29. The lowest BCUT2D eigenvalue weighted by Crippen LogP contribution is -2.52. The maximum atomic E-state index is 12.2. The summed E-state index contributed by atoms with van der Waals surface area (Å²) >= 11 is 0. The van der Waals surface area contributed by atoms with E-state index in [1.54, 1.807) is 0 Å². The Balaban J connectivity index is 1.23. The zero-order chi connectivity index (χ0) is 26.5. The summed E-state index contributed by atoms with van der Waals surface area (Å²) in [7, 11) is 2.21. The number of aromatic nitrogens is 2. The van der Waals surface area contributed by atoms with Crippen molar-refractivity contribution in [3.63, 3.8) is 0 Å². The summed E-state index contributed by atoms with van der Waals surface area (Å²) < 4.78 is 6.04. The molecule has 1 atom stereocenters. The molecule has 0 saturated carbocycles. The van der Waals surface area contributed by atoms with E-state index in [4.69, 9.17) is 10.5 Å². The van der Waals surface area contributed by atoms with E-state index in [-0.39, 0.29) is 5.69 Å². The highest BCUT2D eigenvalue weighted by molar-refractivity contribution is 5.96. The van der Waals surface area contributed by atoms with Gasteiger partial charge in [0.25, 0.3) is 5.91 Å². The molecule has 38 heavy (non-hydrogen) atoms. The van der Waals surface area contributed by atoms with Crippen molar-refractivity contribution in [3.8, 4) is 5.88 Å². The second kappa shape index (κ2) is 12.3. The summed E-state index contributed by atoms with van der Waals surface area (Å²) in [5, 5.41) is 6.69. The van der Waals surface area contributed by atoms with Crippen molar-refractivity contribution in [2.45, 2.75) is 51.1 Å². The molecule has 4 N–H and O–H groups in total. The van der Waals surface area contributed by atoms with Crippen molar-refractivity contribution in [2.24, 2.45) is 5.73 Å². The summed E-state index contributed by atoms with van der Waals surface area (Å²) in [6.07, 6.45) is 5.23. The van der Waals surface area contributed by atoms with Crippen LogP contribution in [0.2, 0.25) is 0 Å². The van der Waals surface area contributed by atoms with Crippen LogP contribution in [0.4, 0.5) is 17.2 Å². The Kier molecular flexibility index (Phi) is 8.61. The molecule has 4 heterocycles. The molecule has 0 spiro atoms. The van der Waals surface area contributed by atoms with Gasteiger partial charge in [-0.1, -0.05) is 6.92 Å². The fourth-order valence-corrected chi connectivity index (χ4v) is 5.71. The number of hydrogen-bond donors (Lipinski definition) is 3. The number of primary amides is 1. The van der Waals surface area contributed by atoms with E-state index in [0.717, 1.165) is 38.2 Å². The molecule has 1 aromatic heterocycles. The van der Waals surface area contributed by atoms with Crippen LogP contribution in [0.3, 0.4) is 0 Å². The van der Waals surface area contributed by atoms with Gasteiger partial charge in [0.1, 0.15) is 12.3 Å². The first-order chi connectivity index (χ1) is 18.5. The number of amides is 1. The molecular formula is C28H42N8O2. The van der Waals surface area contributed by atoms with Crippen LogP contribution in [0, 0.1) is 0 Å². The SMILES string of the molecule is CCc1nc(C(N)=O)c(Nc2ccc(N3CCC(N4CCN(C)CC4)CC3)cc2)nc1OC[C@H]1CCCN1. The highest BCUT2D eigenvalue weighted by Crippen LogP contribution is 2.28.